The van der Waals surface area contributed by atoms with Crippen LogP contribution in [0.3, 0.4) is 0 Å². The maximum absolute atomic E-state index is 11.9. The molecule has 0 saturated heterocycles. The number of rotatable bonds is 5. The highest BCUT2D eigenvalue weighted by Crippen LogP contribution is 2.27. The Bertz CT molecular complexity index is 997. The van der Waals surface area contributed by atoms with Gasteiger partial charge in [0.1, 0.15) is 16.8 Å². The van der Waals surface area contributed by atoms with Crippen LogP contribution < -0.4 is 10.1 Å². The monoisotopic (exact) mass is 367 g/mol. The highest BCUT2D eigenvalue weighted by molar-refractivity contribution is 5.91. The molecule has 0 atom stereocenters. The molecule has 2 heterocycles. The molecule has 3 rings (SSSR count). The van der Waals surface area contributed by atoms with Gasteiger partial charge in [0.05, 0.1) is 30.8 Å². The average molecular weight is 367 g/mol. The van der Waals surface area contributed by atoms with E-state index in [1.165, 1.54) is 7.11 Å². The lowest BCUT2D eigenvalue weighted by Crippen LogP contribution is -2.12. The summed E-state index contributed by atoms with van der Waals surface area (Å²) in [5, 5.41) is 3.94. The maximum Gasteiger partial charge on any atom is 0.341 e. The van der Waals surface area contributed by atoms with Crippen molar-refractivity contribution in [3.8, 4) is 5.75 Å². The van der Waals surface area contributed by atoms with Gasteiger partial charge in [0.15, 0.2) is 0 Å². The van der Waals surface area contributed by atoms with Gasteiger partial charge in [-0.2, -0.15) is 0 Å². The number of hydrogen-bond donors (Lipinski definition) is 1. The van der Waals surface area contributed by atoms with Crippen molar-refractivity contribution in [2.45, 2.75) is 27.7 Å². The topological polar surface area (TPSA) is 99.1 Å². The van der Waals surface area contributed by atoms with E-state index < -0.39 is 5.97 Å². The van der Waals surface area contributed by atoms with Crippen molar-refractivity contribution in [1.29, 1.82) is 0 Å². The van der Waals surface area contributed by atoms with E-state index >= 15 is 0 Å². The molecule has 3 aromatic rings. The van der Waals surface area contributed by atoms with Crippen LogP contribution in [0.2, 0.25) is 0 Å². The van der Waals surface area contributed by atoms with E-state index in [0.717, 1.165) is 11.1 Å². The molecule has 0 aliphatic carbocycles. The number of esters is 1. The second-order valence-corrected chi connectivity index (χ2v) is 5.93. The molecule has 27 heavy (non-hydrogen) atoms. The average Bonchev–Trinajstić information content (AvgIpc) is 2.62. The van der Waals surface area contributed by atoms with Crippen molar-refractivity contribution < 1.29 is 14.3 Å². The zero-order valence-corrected chi connectivity index (χ0v) is 16.0. The normalized spacial score (nSPS) is 10.7. The maximum atomic E-state index is 11.9. The lowest BCUT2D eigenvalue weighted by atomic mass is 10.2. The van der Waals surface area contributed by atoms with Gasteiger partial charge in [0.25, 0.3) is 0 Å². The van der Waals surface area contributed by atoms with E-state index in [-0.39, 0.29) is 0 Å². The summed E-state index contributed by atoms with van der Waals surface area (Å²) in [5.41, 5.74) is 2.92. The SMILES string of the molecule is CCOc1cccc2c(C)nc(Nc3nc(C)c(C(=O)OC)c(C)n3)nc12. The number of ether oxygens (including phenoxy) is 2. The lowest BCUT2D eigenvalue weighted by Gasteiger charge is -2.12. The first-order valence-electron chi connectivity index (χ1n) is 8.55. The number of aryl methyl sites for hydroxylation is 3. The van der Waals surface area contributed by atoms with Gasteiger partial charge in [0.2, 0.25) is 11.9 Å². The van der Waals surface area contributed by atoms with Crippen LogP contribution in [0.25, 0.3) is 10.9 Å². The van der Waals surface area contributed by atoms with Gasteiger partial charge in [-0.1, -0.05) is 12.1 Å². The Kier molecular flexibility index (Phi) is 5.16. The summed E-state index contributed by atoms with van der Waals surface area (Å²) < 4.78 is 10.4. The molecule has 0 aliphatic rings. The predicted octanol–water partition coefficient (Wildman–Crippen LogP) is 3.27. The summed E-state index contributed by atoms with van der Waals surface area (Å²) in [7, 11) is 1.33. The lowest BCUT2D eigenvalue weighted by molar-refractivity contribution is 0.0598. The molecular formula is C19H21N5O3. The third-order valence-electron chi connectivity index (χ3n) is 4.06. The Hall–Kier alpha value is -3.29. The number of nitrogens with zero attached hydrogens (tertiary/aromatic N) is 4. The Morgan fingerprint density at radius 2 is 1.63 bits per heavy atom. The molecule has 8 heteroatoms. The van der Waals surface area contributed by atoms with Crippen LogP contribution in [0.1, 0.15) is 34.4 Å². The fourth-order valence-corrected chi connectivity index (χ4v) is 2.88. The van der Waals surface area contributed by atoms with Gasteiger partial charge < -0.3 is 9.47 Å². The number of aromatic nitrogens is 4. The molecule has 1 aromatic carbocycles. The van der Waals surface area contributed by atoms with Crippen molar-refractivity contribution in [3.05, 3.63) is 40.8 Å². The molecule has 0 fully saturated rings. The second kappa shape index (κ2) is 7.53. The van der Waals surface area contributed by atoms with Crippen LogP contribution in [-0.4, -0.2) is 39.6 Å². The number of benzene rings is 1. The third-order valence-corrected chi connectivity index (χ3v) is 4.06. The molecule has 0 bridgehead atoms. The van der Waals surface area contributed by atoms with Crippen LogP contribution >= 0.6 is 0 Å². The minimum atomic E-state index is -0.462. The number of para-hydroxylation sites is 1. The minimum absolute atomic E-state index is 0.310. The zero-order chi connectivity index (χ0) is 19.6. The zero-order valence-electron chi connectivity index (χ0n) is 16.0. The second-order valence-electron chi connectivity index (χ2n) is 5.93. The largest absolute Gasteiger partial charge is 0.492 e. The number of hydrogen-bond acceptors (Lipinski definition) is 8. The van der Waals surface area contributed by atoms with Gasteiger partial charge in [-0.3, -0.25) is 5.32 Å². The van der Waals surface area contributed by atoms with Crippen LogP contribution in [0.5, 0.6) is 5.75 Å². The Morgan fingerprint density at radius 1 is 1.00 bits per heavy atom. The predicted molar refractivity (Wildman–Crippen MR) is 102 cm³/mol. The summed E-state index contributed by atoms with van der Waals surface area (Å²) in [6.45, 7) is 7.83. The molecular weight excluding hydrogens is 346 g/mol. The highest BCUT2D eigenvalue weighted by Gasteiger charge is 2.17. The molecule has 0 amide bonds. The fourth-order valence-electron chi connectivity index (χ4n) is 2.88. The first-order valence-corrected chi connectivity index (χ1v) is 8.55. The summed E-state index contributed by atoms with van der Waals surface area (Å²) >= 11 is 0. The molecule has 0 spiro atoms. The minimum Gasteiger partial charge on any atom is -0.492 e. The van der Waals surface area contributed by atoms with E-state index in [4.69, 9.17) is 9.47 Å². The molecule has 2 aromatic heterocycles. The summed E-state index contributed by atoms with van der Waals surface area (Å²) in [4.78, 5) is 29.6. The van der Waals surface area contributed by atoms with Crippen LogP contribution in [0.15, 0.2) is 18.2 Å². The van der Waals surface area contributed by atoms with E-state index in [1.807, 2.05) is 32.0 Å². The summed E-state index contributed by atoms with van der Waals surface area (Å²) in [6, 6.07) is 5.74. The van der Waals surface area contributed by atoms with Gasteiger partial charge in [-0.05, 0) is 33.8 Å². The smallest absolute Gasteiger partial charge is 0.341 e. The van der Waals surface area contributed by atoms with Crippen LogP contribution in [-0.2, 0) is 4.74 Å². The molecule has 8 nitrogen and oxygen atoms in total. The quantitative estimate of drug-likeness (QED) is 0.686. The third kappa shape index (κ3) is 3.64. The van der Waals surface area contributed by atoms with Gasteiger partial charge in [-0.15, -0.1) is 0 Å². The molecule has 0 radical (unpaired) electrons. The number of nitrogens with one attached hydrogen (secondary N) is 1. The van der Waals surface area contributed by atoms with E-state index in [0.29, 0.717) is 46.7 Å². The van der Waals surface area contributed by atoms with E-state index in [2.05, 4.69) is 25.3 Å². The van der Waals surface area contributed by atoms with Crippen molar-refractivity contribution in [1.82, 2.24) is 19.9 Å². The summed E-state index contributed by atoms with van der Waals surface area (Å²) in [6.07, 6.45) is 0. The standard InChI is InChI=1S/C19H21N5O3/c1-6-27-14-9-7-8-13-10(2)20-19(23-16(13)14)24-18-21-11(3)15(12(4)22-18)17(25)26-5/h7-9H,6H2,1-5H3,(H,20,21,22,23,24). The number of fused-ring (bicyclic) bond motifs is 1. The molecule has 0 unspecified atom stereocenters. The molecule has 0 saturated carbocycles. The Labute approximate surface area is 157 Å². The molecule has 0 aliphatic heterocycles. The van der Waals surface area contributed by atoms with Crippen molar-refractivity contribution >= 4 is 28.8 Å². The first-order chi connectivity index (χ1) is 12.9. The number of carbonyl (C=O) groups excluding carboxylic acids is 1. The van der Waals surface area contributed by atoms with Crippen LogP contribution in [0, 0.1) is 20.8 Å². The van der Waals surface area contributed by atoms with Gasteiger partial charge in [0, 0.05) is 5.39 Å². The van der Waals surface area contributed by atoms with E-state index in [1.54, 1.807) is 13.8 Å². The highest BCUT2D eigenvalue weighted by atomic mass is 16.5. The number of anilines is 2. The van der Waals surface area contributed by atoms with Crippen LogP contribution in [0.4, 0.5) is 11.9 Å². The Balaban J connectivity index is 2.02. The Morgan fingerprint density at radius 3 is 2.26 bits per heavy atom. The first kappa shape index (κ1) is 18.5. The number of carbonyl (C=O) groups is 1. The van der Waals surface area contributed by atoms with Crippen molar-refractivity contribution in [3.63, 3.8) is 0 Å². The summed E-state index contributed by atoms with van der Waals surface area (Å²) in [5.74, 6) is 0.899. The number of methoxy groups -OCH3 is 1. The van der Waals surface area contributed by atoms with Gasteiger partial charge >= 0.3 is 5.97 Å². The fraction of sp³-hybridized carbons (Fsp3) is 0.316. The van der Waals surface area contributed by atoms with E-state index in [9.17, 15) is 4.79 Å². The van der Waals surface area contributed by atoms with Gasteiger partial charge in [-0.25, -0.2) is 24.7 Å². The molecule has 1 N–H and O–H groups in total. The molecule has 140 valence electrons. The van der Waals surface area contributed by atoms with Crippen molar-refractivity contribution in [2.75, 3.05) is 19.0 Å². The van der Waals surface area contributed by atoms with Crippen molar-refractivity contribution in [2.24, 2.45) is 0 Å².